The number of aliphatic hydroxyl groups excluding tert-OH is 1. The molecule has 0 unspecified atom stereocenters. The molecular weight excluding hydrogens is 164 g/mol. The van der Waals surface area contributed by atoms with E-state index in [1.54, 1.807) is 6.92 Å². The first-order chi connectivity index (χ1) is 6.19. The smallest absolute Gasteiger partial charge is 0.0682 e. The zero-order chi connectivity index (χ0) is 9.84. The summed E-state index contributed by atoms with van der Waals surface area (Å²) in [5.41, 5.74) is 3.14. The molecule has 0 aliphatic rings. The maximum atomic E-state index is 8.91. The van der Waals surface area contributed by atoms with Crippen LogP contribution in [0, 0.1) is 5.41 Å². The van der Waals surface area contributed by atoms with Crippen molar-refractivity contribution >= 4 is 11.4 Å². The molecule has 0 radical (unpaired) electrons. The van der Waals surface area contributed by atoms with Crippen molar-refractivity contribution in [3.63, 3.8) is 0 Å². The third-order valence-corrected chi connectivity index (χ3v) is 1.94. The van der Waals surface area contributed by atoms with E-state index in [0.717, 1.165) is 16.8 Å². The molecule has 0 bridgehead atoms. The van der Waals surface area contributed by atoms with E-state index < -0.39 is 0 Å². The van der Waals surface area contributed by atoms with Gasteiger partial charge in [0, 0.05) is 24.0 Å². The second kappa shape index (κ2) is 4.05. The number of nitrogens with one attached hydrogen (secondary N) is 2. The molecule has 1 aromatic carbocycles. The van der Waals surface area contributed by atoms with Gasteiger partial charge in [-0.15, -0.1) is 0 Å². The summed E-state index contributed by atoms with van der Waals surface area (Å²) < 4.78 is 0. The van der Waals surface area contributed by atoms with Gasteiger partial charge in [0.25, 0.3) is 0 Å². The van der Waals surface area contributed by atoms with Gasteiger partial charge in [0.2, 0.25) is 0 Å². The monoisotopic (exact) mass is 178 g/mol. The number of hydrogen-bond acceptors (Lipinski definition) is 3. The van der Waals surface area contributed by atoms with E-state index in [9.17, 15) is 0 Å². The van der Waals surface area contributed by atoms with Crippen LogP contribution in [0.3, 0.4) is 0 Å². The molecule has 70 valence electrons. The minimum absolute atomic E-state index is 0.0337. The molecule has 0 saturated carbocycles. The lowest BCUT2D eigenvalue weighted by Gasteiger charge is -2.08. The van der Waals surface area contributed by atoms with Crippen LogP contribution in [0.25, 0.3) is 0 Å². The normalized spacial score (nSPS) is 9.77. The fraction of sp³-hybridized carbons (Fsp3) is 0.300. The molecule has 3 nitrogen and oxygen atoms in total. The van der Waals surface area contributed by atoms with E-state index in [2.05, 4.69) is 5.32 Å². The first kappa shape index (κ1) is 9.74. The molecule has 0 heterocycles. The summed E-state index contributed by atoms with van der Waals surface area (Å²) in [5, 5.41) is 19.4. The fourth-order valence-electron chi connectivity index (χ4n) is 1.22. The Morgan fingerprint density at radius 3 is 2.69 bits per heavy atom. The number of anilines is 1. The summed E-state index contributed by atoms with van der Waals surface area (Å²) in [5.74, 6) is 0. The Balaban J connectivity index is 3.15. The molecule has 0 atom stereocenters. The lowest BCUT2D eigenvalue weighted by molar-refractivity contribution is 0.282. The third kappa shape index (κ3) is 2.06. The maximum absolute atomic E-state index is 8.91. The molecule has 0 aliphatic carbocycles. The summed E-state index contributed by atoms with van der Waals surface area (Å²) in [6.45, 7) is 1.78. The van der Waals surface area contributed by atoms with Gasteiger partial charge in [0.1, 0.15) is 0 Å². The molecule has 0 spiro atoms. The third-order valence-electron chi connectivity index (χ3n) is 1.94. The van der Waals surface area contributed by atoms with E-state index in [-0.39, 0.29) is 6.61 Å². The molecule has 1 aromatic rings. The number of aliphatic hydroxyl groups is 1. The second-order valence-corrected chi connectivity index (χ2v) is 2.91. The van der Waals surface area contributed by atoms with Crippen molar-refractivity contribution in [3.05, 3.63) is 29.3 Å². The molecule has 3 heteroatoms. The predicted octanol–water partition coefficient (Wildman–Crippen LogP) is 1.61. The standard InChI is InChI=1S/C10H14N2O/c1-7(11)9-4-3-8(6-13)5-10(9)12-2/h3-5,11-13H,6H2,1-2H3. The predicted molar refractivity (Wildman–Crippen MR) is 54.4 cm³/mol. The van der Waals surface area contributed by atoms with E-state index >= 15 is 0 Å². The van der Waals surface area contributed by atoms with Crippen LogP contribution in [0.15, 0.2) is 18.2 Å². The Labute approximate surface area is 77.9 Å². The summed E-state index contributed by atoms with van der Waals surface area (Å²) >= 11 is 0. The quantitative estimate of drug-likeness (QED) is 0.616. The average Bonchev–Trinajstić information content (AvgIpc) is 2.16. The SMILES string of the molecule is CNc1cc(CO)ccc1C(C)=N. The molecular formula is C10H14N2O. The molecule has 0 fully saturated rings. The lowest BCUT2D eigenvalue weighted by Crippen LogP contribution is -2.01. The Morgan fingerprint density at radius 1 is 1.54 bits per heavy atom. The van der Waals surface area contributed by atoms with Crippen molar-refractivity contribution in [3.8, 4) is 0 Å². The average molecular weight is 178 g/mol. The maximum Gasteiger partial charge on any atom is 0.0682 e. The largest absolute Gasteiger partial charge is 0.392 e. The highest BCUT2D eigenvalue weighted by Crippen LogP contribution is 2.17. The summed E-state index contributed by atoms with van der Waals surface area (Å²) in [6.07, 6.45) is 0. The van der Waals surface area contributed by atoms with Crippen molar-refractivity contribution < 1.29 is 5.11 Å². The number of rotatable bonds is 3. The van der Waals surface area contributed by atoms with Gasteiger partial charge < -0.3 is 15.8 Å². The molecule has 0 amide bonds. The molecule has 3 N–H and O–H groups in total. The van der Waals surface area contributed by atoms with Crippen LogP contribution in [-0.4, -0.2) is 17.9 Å². The van der Waals surface area contributed by atoms with Gasteiger partial charge in [-0.1, -0.05) is 12.1 Å². The zero-order valence-electron chi connectivity index (χ0n) is 7.89. The van der Waals surface area contributed by atoms with Gasteiger partial charge in [-0.3, -0.25) is 0 Å². The Hall–Kier alpha value is -1.35. The van der Waals surface area contributed by atoms with Crippen molar-refractivity contribution in [2.75, 3.05) is 12.4 Å². The van der Waals surface area contributed by atoms with Gasteiger partial charge in [0.15, 0.2) is 0 Å². The van der Waals surface area contributed by atoms with Crippen molar-refractivity contribution in [2.24, 2.45) is 0 Å². The molecule has 0 aromatic heterocycles. The number of hydrogen-bond donors (Lipinski definition) is 3. The minimum Gasteiger partial charge on any atom is -0.392 e. The zero-order valence-corrected chi connectivity index (χ0v) is 7.89. The van der Waals surface area contributed by atoms with Crippen molar-refractivity contribution in [1.82, 2.24) is 0 Å². The molecule has 0 saturated heterocycles. The van der Waals surface area contributed by atoms with Crippen molar-refractivity contribution in [2.45, 2.75) is 13.5 Å². The van der Waals surface area contributed by atoms with E-state index in [4.69, 9.17) is 10.5 Å². The minimum atomic E-state index is 0.0337. The van der Waals surface area contributed by atoms with Gasteiger partial charge in [0.05, 0.1) is 6.61 Å². The summed E-state index contributed by atoms with van der Waals surface area (Å²) in [6, 6.07) is 5.53. The Kier molecular flexibility index (Phi) is 3.03. The van der Waals surface area contributed by atoms with Crippen LogP contribution < -0.4 is 5.32 Å². The van der Waals surface area contributed by atoms with Crippen molar-refractivity contribution in [1.29, 1.82) is 5.41 Å². The molecule has 13 heavy (non-hydrogen) atoms. The molecule has 0 aliphatic heterocycles. The van der Waals surface area contributed by atoms with Crippen LogP contribution >= 0.6 is 0 Å². The van der Waals surface area contributed by atoms with Gasteiger partial charge in [-0.25, -0.2) is 0 Å². The number of benzene rings is 1. The van der Waals surface area contributed by atoms with Gasteiger partial charge in [-0.2, -0.15) is 0 Å². The fourth-order valence-corrected chi connectivity index (χ4v) is 1.22. The van der Waals surface area contributed by atoms with Crippen LogP contribution in [0.2, 0.25) is 0 Å². The Morgan fingerprint density at radius 2 is 2.23 bits per heavy atom. The van der Waals surface area contributed by atoms with Gasteiger partial charge >= 0.3 is 0 Å². The highest BCUT2D eigenvalue weighted by atomic mass is 16.3. The topological polar surface area (TPSA) is 56.1 Å². The van der Waals surface area contributed by atoms with Crippen LogP contribution in [0.4, 0.5) is 5.69 Å². The van der Waals surface area contributed by atoms with E-state index in [1.165, 1.54) is 0 Å². The first-order valence-corrected chi connectivity index (χ1v) is 4.16. The summed E-state index contributed by atoms with van der Waals surface area (Å²) in [4.78, 5) is 0. The summed E-state index contributed by atoms with van der Waals surface area (Å²) in [7, 11) is 1.81. The molecule has 1 rings (SSSR count). The highest BCUT2D eigenvalue weighted by Gasteiger charge is 2.03. The van der Waals surface area contributed by atoms with Crippen LogP contribution in [0.1, 0.15) is 18.1 Å². The van der Waals surface area contributed by atoms with E-state index in [1.807, 2.05) is 25.2 Å². The second-order valence-electron chi connectivity index (χ2n) is 2.91. The highest BCUT2D eigenvalue weighted by molar-refractivity contribution is 6.01. The van der Waals surface area contributed by atoms with Crippen LogP contribution in [-0.2, 0) is 6.61 Å². The Bertz CT molecular complexity index is 321. The van der Waals surface area contributed by atoms with Gasteiger partial charge in [-0.05, 0) is 18.6 Å². The van der Waals surface area contributed by atoms with E-state index in [0.29, 0.717) is 5.71 Å². The first-order valence-electron chi connectivity index (χ1n) is 4.16. The van der Waals surface area contributed by atoms with Crippen LogP contribution in [0.5, 0.6) is 0 Å². The lowest BCUT2D eigenvalue weighted by atomic mass is 10.1.